The number of rotatable bonds is 4. The molecule has 0 saturated carbocycles. The number of hydrogen-bond donors (Lipinski definition) is 1. The van der Waals surface area contributed by atoms with Crippen LogP contribution in [0.15, 0.2) is 30.6 Å². The second kappa shape index (κ2) is 7.31. The summed E-state index contributed by atoms with van der Waals surface area (Å²) in [5, 5.41) is 3.44. The van der Waals surface area contributed by atoms with Gasteiger partial charge < -0.3 is 10.2 Å². The van der Waals surface area contributed by atoms with Crippen molar-refractivity contribution in [2.45, 2.75) is 26.2 Å². The van der Waals surface area contributed by atoms with Crippen LogP contribution in [-0.4, -0.2) is 41.1 Å². The minimum absolute atomic E-state index is 0.784. The number of aromatic nitrogens is 3. The summed E-state index contributed by atoms with van der Waals surface area (Å²) in [7, 11) is 0. The van der Waals surface area contributed by atoms with Gasteiger partial charge in [0.25, 0.3) is 0 Å². The summed E-state index contributed by atoms with van der Waals surface area (Å²) in [6.45, 7) is 6.31. The van der Waals surface area contributed by atoms with Crippen LogP contribution >= 0.6 is 0 Å². The highest BCUT2D eigenvalue weighted by molar-refractivity contribution is 5.56. The number of anilines is 1. The average molecular weight is 297 g/mol. The van der Waals surface area contributed by atoms with Crippen LogP contribution in [0.1, 0.15) is 25.5 Å². The van der Waals surface area contributed by atoms with Gasteiger partial charge in [-0.25, -0.2) is 9.97 Å². The maximum absolute atomic E-state index is 4.80. The Bertz CT molecular complexity index is 591. The molecule has 0 spiro atoms. The van der Waals surface area contributed by atoms with Crippen LogP contribution in [0.4, 0.5) is 5.82 Å². The molecule has 1 aliphatic heterocycles. The molecule has 22 heavy (non-hydrogen) atoms. The number of hydrogen-bond acceptors (Lipinski definition) is 5. The zero-order valence-electron chi connectivity index (χ0n) is 13.1. The van der Waals surface area contributed by atoms with Crippen LogP contribution in [0.25, 0.3) is 11.4 Å². The first-order valence-corrected chi connectivity index (χ1v) is 8.11. The van der Waals surface area contributed by atoms with E-state index in [9.17, 15) is 0 Å². The largest absolute Gasteiger partial charge is 0.355 e. The summed E-state index contributed by atoms with van der Waals surface area (Å²) in [5.74, 6) is 1.83. The third-order valence-corrected chi connectivity index (χ3v) is 3.86. The molecule has 0 aromatic carbocycles. The van der Waals surface area contributed by atoms with Crippen LogP contribution in [0, 0.1) is 0 Å². The monoisotopic (exact) mass is 297 g/mol. The number of nitrogens with one attached hydrogen (secondary N) is 1. The number of aryl methyl sites for hydroxylation is 1. The normalized spacial score (nSPS) is 15.6. The summed E-state index contributed by atoms with van der Waals surface area (Å²) in [6, 6.07) is 6.10. The van der Waals surface area contributed by atoms with Gasteiger partial charge in [-0.1, -0.05) is 13.3 Å². The highest BCUT2D eigenvalue weighted by Crippen LogP contribution is 2.21. The summed E-state index contributed by atoms with van der Waals surface area (Å²) >= 11 is 0. The van der Waals surface area contributed by atoms with Crippen molar-refractivity contribution < 1.29 is 0 Å². The van der Waals surface area contributed by atoms with E-state index in [-0.39, 0.29) is 0 Å². The van der Waals surface area contributed by atoms with E-state index in [1.165, 1.54) is 0 Å². The molecule has 116 valence electrons. The van der Waals surface area contributed by atoms with E-state index >= 15 is 0 Å². The molecule has 0 radical (unpaired) electrons. The van der Waals surface area contributed by atoms with Crippen molar-refractivity contribution in [2.75, 3.05) is 31.1 Å². The fourth-order valence-corrected chi connectivity index (χ4v) is 2.73. The third-order valence-electron chi connectivity index (χ3n) is 3.86. The Morgan fingerprint density at radius 3 is 3.00 bits per heavy atom. The lowest BCUT2D eigenvalue weighted by Crippen LogP contribution is -2.29. The minimum Gasteiger partial charge on any atom is -0.355 e. The van der Waals surface area contributed by atoms with Crippen molar-refractivity contribution in [3.05, 3.63) is 36.3 Å². The molecule has 3 rings (SSSR count). The van der Waals surface area contributed by atoms with E-state index in [2.05, 4.69) is 28.2 Å². The molecule has 2 aromatic heterocycles. The smallest absolute Gasteiger partial charge is 0.163 e. The van der Waals surface area contributed by atoms with Gasteiger partial charge in [0.15, 0.2) is 5.82 Å². The van der Waals surface area contributed by atoms with Gasteiger partial charge in [-0.15, -0.1) is 0 Å². The van der Waals surface area contributed by atoms with Crippen molar-refractivity contribution in [1.82, 2.24) is 20.3 Å². The lowest BCUT2D eigenvalue weighted by Gasteiger charge is -2.22. The van der Waals surface area contributed by atoms with Crippen molar-refractivity contribution in [3.8, 4) is 11.4 Å². The molecule has 0 aliphatic carbocycles. The van der Waals surface area contributed by atoms with E-state index in [4.69, 9.17) is 9.97 Å². The predicted octanol–water partition coefficient (Wildman–Crippen LogP) is 2.29. The van der Waals surface area contributed by atoms with Crippen molar-refractivity contribution in [1.29, 1.82) is 0 Å². The van der Waals surface area contributed by atoms with Crippen LogP contribution in [0.2, 0.25) is 0 Å². The predicted molar refractivity (Wildman–Crippen MR) is 89.0 cm³/mol. The Labute approximate surface area is 131 Å². The van der Waals surface area contributed by atoms with Gasteiger partial charge in [0, 0.05) is 49.4 Å². The standard InChI is InChI=1S/C17H23N5/c1-2-5-15-12-16(22-10-4-8-18-9-11-22)21-17(20-15)14-6-3-7-19-13-14/h3,6-7,12-13,18H,2,4-5,8-11H2,1H3. The molecule has 1 fully saturated rings. The van der Waals surface area contributed by atoms with Gasteiger partial charge in [-0.3, -0.25) is 4.98 Å². The first kappa shape index (κ1) is 14.9. The van der Waals surface area contributed by atoms with Crippen LogP contribution in [0.5, 0.6) is 0 Å². The SMILES string of the molecule is CCCc1cc(N2CCCNCC2)nc(-c2cccnc2)n1. The Balaban J connectivity index is 1.96. The minimum atomic E-state index is 0.784. The second-order valence-electron chi connectivity index (χ2n) is 5.62. The van der Waals surface area contributed by atoms with Crippen LogP contribution in [0.3, 0.4) is 0 Å². The molecule has 1 N–H and O–H groups in total. The van der Waals surface area contributed by atoms with Gasteiger partial charge in [-0.2, -0.15) is 0 Å². The lowest BCUT2D eigenvalue weighted by atomic mass is 10.2. The Morgan fingerprint density at radius 1 is 1.23 bits per heavy atom. The molecule has 1 saturated heterocycles. The van der Waals surface area contributed by atoms with Crippen molar-refractivity contribution in [3.63, 3.8) is 0 Å². The van der Waals surface area contributed by atoms with E-state index < -0.39 is 0 Å². The number of pyridine rings is 1. The molecule has 0 unspecified atom stereocenters. The summed E-state index contributed by atoms with van der Waals surface area (Å²) in [6.07, 6.45) is 6.83. The highest BCUT2D eigenvalue weighted by Gasteiger charge is 2.14. The third kappa shape index (κ3) is 3.60. The van der Waals surface area contributed by atoms with Gasteiger partial charge in [0.05, 0.1) is 0 Å². The topological polar surface area (TPSA) is 53.9 Å². The molecule has 5 nitrogen and oxygen atoms in total. The maximum Gasteiger partial charge on any atom is 0.163 e. The fraction of sp³-hybridized carbons (Fsp3) is 0.471. The summed E-state index contributed by atoms with van der Waals surface area (Å²) < 4.78 is 0. The molecule has 0 atom stereocenters. The summed E-state index contributed by atoms with van der Waals surface area (Å²) in [5.41, 5.74) is 2.10. The molecule has 0 bridgehead atoms. The van der Waals surface area contributed by atoms with Crippen molar-refractivity contribution >= 4 is 5.82 Å². The Morgan fingerprint density at radius 2 is 2.18 bits per heavy atom. The van der Waals surface area contributed by atoms with Crippen molar-refractivity contribution in [2.24, 2.45) is 0 Å². The zero-order chi connectivity index (χ0) is 15.2. The van der Waals surface area contributed by atoms with E-state index in [0.29, 0.717) is 0 Å². The van der Waals surface area contributed by atoms with Crippen LogP contribution < -0.4 is 10.2 Å². The average Bonchev–Trinajstić information content (AvgIpc) is 2.85. The second-order valence-corrected chi connectivity index (χ2v) is 5.62. The van der Waals surface area contributed by atoms with E-state index in [0.717, 1.165) is 68.3 Å². The first-order valence-electron chi connectivity index (χ1n) is 8.11. The van der Waals surface area contributed by atoms with Gasteiger partial charge in [-0.05, 0) is 31.5 Å². The molecular formula is C17H23N5. The first-order chi connectivity index (χ1) is 10.9. The van der Waals surface area contributed by atoms with Gasteiger partial charge in [0.1, 0.15) is 5.82 Å². The van der Waals surface area contributed by atoms with Crippen LogP contribution in [-0.2, 0) is 6.42 Å². The fourth-order valence-electron chi connectivity index (χ4n) is 2.73. The molecule has 2 aromatic rings. The molecule has 5 heteroatoms. The molecule has 1 aliphatic rings. The quantitative estimate of drug-likeness (QED) is 0.938. The lowest BCUT2D eigenvalue weighted by molar-refractivity contribution is 0.724. The van der Waals surface area contributed by atoms with E-state index in [1.807, 2.05) is 18.3 Å². The molecule has 3 heterocycles. The van der Waals surface area contributed by atoms with Gasteiger partial charge >= 0.3 is 0 Å². The van der Waals surface area contributed by atoms with Gasteiger partial charge in [0.2, 0.25) is 0 Å². The Hall–Kier alpha value is -2.01. The maximum atomic E-state index is 4.80. The zero-order valence-corrected chi connectivity index (χ0v) is 13.1. The van der Waals surface area contributed by atoms with E-state index in [1.54, 1.807) is 6.20 Å². The number of nitrogens with zero attached hydrogens (tertiary/aromatic N) is 4. The molecule has 0 amide bonds. The summed E-state index contributed by atoms with van der Waals surface area (Å²) in [4.78, 5) is 16.1. The molecular weight excluding hydrogens is 274 g/mol. The Kier molecular flexibility index (Phi) is 4.96. The highest BCUT2D eigenvalue weighted by atomic mass is 15.2.